The van der Waals surface area contributed by atoms with E-state index in [4.69, 9.17) is 18.0 Å². The molecule has 0 aliphatic rings. The number of thiocarbonyl (C=S) groups is 1. The zero-order valence-electron chi connectivity index (χ0n) is 10.8. The van der Waals surface area contributed by atoms with Gasteiger partial charge in [-0.15, -0.1) is 0 Å². The number of hydrogen-bond donors (Lipinski definition) is 2. The maximum atomic E-state index is 13.7. The van der Waals surface area contributed by atoms with E-state index in [0.29, 0.717) is 11.3 Å². The molecule has 0 fully saturated rings. The van der Waals surface area contributed by atoms with Gasteiger partial charge in [0, 0.05) is 11.3 Å². The Balaban J connectivity index is 2.17. The van der Waals surface area contributed by atoms with Crippen LogP contribution < -0.4 is 11.1 Å². The number of aryl methyl sites for hydroxylation is 1. The molecule has 0 bridgehead atoms. The Kier molecular flexibility index (Phi) is 4.10. The lowest BCUT2D eigenvalue weighted by Crippen LogP contribution is -2.14. The smallest absolute Gasteiger partial charge is 0.258 e. The summed E-state index contributed by atoms with van der Waals surface area (Å²) in [5.74, 6) is -1.03. The number of amides is 1. The minimum Gasteiger partial charge on any atom is -0.389 e. The molecule has 3 nitrogen and oxygen atoms in total. The number of hydrogen-bond acceptors (Lipinski definition) is 2. The van der Waals surface area contributed by atoms with E-state index in [2.05, 4.69) is 5.32 Å². The maximum Gasteiger partial charge on any atom is 0.258 e. The van der Waals surface area contributed by atoms with Crippen molar-refractivity contribution in [3.05, 3.63) is 65.0 Å². The molecule has 3 N–H and O–H groups in total. The standard InChI is InChI=1S/C15H13FN2OS/c1-9-2-7-12(13(16)8-9)15(19)18-11-5-3-10(4-6-11)14(17)20/h2-8H,1H3,(H2,17,20)(H,18,19). The zero-order chi connectivity index (χ0) is 14.7. The molecule has 0 unspecified atom stereocenters. The molecule has 2 aromatic carbocycles. The van der Waals surface area contributed by atoms with Crippen LogP contribution in [0.15, 0.2) is 42.5 Å². The third-order valence-electron chi connectivity index (χ3n) is 2.80. The fourth-order valence-corrected chi connectivity index (χ4v) is 1.86. The van der Waals surface area contributed by atoms with Crippen molar-refractivity contribution in [1.82, 2.24) is 0 Å². The van der Waals surface area contributed by atoms with Crippen LogP contribution in [0, 0.1) is 12.7 Å². The Morgan fingerprint density at radius 2 is 1.85 bits per heavy atom. The van der Waals surface area contributed by atoms with E-state index in [-0.39, 0.29) is 10.6 Å². The highest BCUT2D eigenvalue weighted by atomic mass is 32.1. The molecular formula is C15H13FN2OS. The number of anilines is 1. The lowest BCUT2D eigenvalue weighted by atomic mass is 10.1. The van der Waals surface area contributed by atoms with Crippen molar-refractivity contribution in [2.75, 3.05) is 5.32 Å². The summed E-state index contributed by atoms with van der Waals surface area (Å²) >= 11 is 4.84. The number of halogens is 1. The summed E-state index contributed by atoms with van der Waals surface area (Å²) in [5.41, 5.74) is 7.52. The van der Waals surface area contributed by atoms with Crippen LogP contribution in [0.5, 0.6) is 0 Å². The third kappa shape index (κ3) is 3.19. The van der Waals surface area contributed by atoms with Crippen molar-refractivity contribution in [2.24, 2.45) is 5.73 Å². The summed E-state index contributed by atoms with van der Waals surface area (Å²) in [5, 5.41) is 2.62. The van der Waals surface area contributed by atoms with Crippen molar-refractivity contribution in [1.29, 1.82) is 0 Å². The van der Waals surface area contributed by atoms with Crippen LogP contribution in [0.25, 0.3) is 0 Å². The average molecular weight is 288 g/mol. The molecule has 0 radical (unpaired) electrons. The molecule has 0 aliphatic carbocycles. The van der Waals surface area contributed by atoms with Gasteiger partial charge in [-0.3, -0.25) is 4.79 Å². The van der Waals surface area contributed by atoms with Crippen LogP contribution in [0.1, 0.15) is 21.5 Å². The van der Waals surface area contributed by atoms with E-state index in [1.165, 1.54) is 12.1 Å². The second kappa shape index (κ2) is 5.79. The van der Waals surface area contributed by atoms with E-state index >= 15 is 0 Å². The van der Waals surface area contributed by atoms with Gasteiger partial charge in [0.05, 0.1) is 5.56 Å². The molecule has 5 heteroatoms. The van der Waals surface area contributed by atoms with Crippen LogP contribution in [-0.2, 0) is 0 Å². The molecule has 0 saturated carbocycles. The van der Waals surface area contributed by atoms with E-state index in [1.54, 1.807) is 37.3 Å². The number of rotatable bonds is 3. The van der Waals surface area contributed by atoms with Crippen LogP contribution in [0.2, 0.25) is 0 Å². The van der Waals surface area contributed by atoms with Crippen LogP contribution >= 0.6 is 12.2 Å². The summed E-state index contributed by atoms with van der Waals surface area (Å²) < 4.78 is 13.7. The number of nitrogens with two attached hydrogens (primary N) is 1. The van der Waals surface area contributed by atoms with Crippen molar-refractivity contribution in [2.45, 2.75) is 6.92 Å². The van der Waals surface area contributed by atoms with Crippen molar-refractivity contribution in [3.63, 3.8) is 0 Å². The minimum absolute atomic E-state index is 0.00835. The molecule has 0 heterocycles. The Bertz CT molecular complexity index is 668. The zero-order valence-corrected chi connectivity index (χ0v) is 11.6. The van der Waals surface area contributed by atoms with Gasteiger partial charge in [-0.2, -0.15) is 0 Å². The Labute approximate surface area is 121 Å². The van der Waals surface area contributed by atoms with Gasteiger partial charge in [-0.05, 0) is 48.9 Å². The summed E-state index contributed by atoms with van der Waals surface area (Å²) in [7, 11) is 0. The number of carbonyl (C=O) groups excluding carboxylic acids is 1. The van der Waals surface area contributed by atoms with E-state index in [9.17, 15) is 9.18 Å². The quantitative estimate of drug-likeness (QED) is 0.854. The molecule has 2 rings (SSSR count). The largest absolute Gasteiger partial charge is 0.389 e. The summed E-state index contributed by atoms with van der Waals surface area (Å²) in [6.45, 7) is 1.76. The normalized spacial score (nSPS) is 10.1. The molecule has 0 aromatic heterocycles. The predicted octanol–water partition coefficient (Wildman–Crippen LogP) is 3.02. The van der Waals surface area contributed by atoms with E-state index < -0.39 is 11.7 Å². The first-order valence-electron chi connectivity index (χ1n) is 5.95. The first-order chi connectivity index (χ1) is 9.47. The number of carbonyl (C=O) groups is 1. The molecular weight excluding hydrogens is 275 g/mol. The van der Waals surface area contributed by atoms with Gasteiger partial charge < -0.3 is 11.1 Å². The van der Waals surface area contributed by atoms with Crippen LogP contribution in [0.3, 0.4) is 0 Å². The van der Waals surface area contributed by atoms with Gasteiger partial charge in [0.25, 0.3) is 5.91 Å². The molecule has 0 spiro atoms. The highest BCUT2D eigenvalue weighted by molar-refractivity contribution is 7.80. The van der Waals surface area contributed by atoms with Gasteiger partial charge in [0.1, 0.15) is 10.8 Å². The molecule has 0 atom stereocenters. The molecule has 1 amide bonds. The topological polar surface area (TPSA) is 55.1 Å². The first-order valence-corrected chi connectivity index (χ1v) is 6.35. The van der Waals surface area contributed by atoms with Gasteiger partial charge in [-0.25, -0.2) is 4.39 Å². The Hall–Kier alpha value is -2.27. The summed E-state index contributed by atoms with van der Waals surface area (Å²) in [6, 6.07) is 11.2. The molecule has 0 saturated heterocycles. The van der Waals surface area contributed by atoms with Crippen molar-refractivity contribution in [3.8, 4) is 0 Å². The fraction of sp³-hybridized carbons (Fsp3) is 0.0667. The predicted molar refractivity (Wildman–Crippen MR) is 81.4 cm³/mol. The lowest BCUT2D eigenvalue weighted by Gasteiger charge is -2.07. The van der Waals surface area contributed by atoms with Crippen LogP contribution in [0.4, 0.5) is 10.1 Å². The highest BCUT2D eigenvalue weighted by Crippen LogP contribution is 2.14. The highest BCUT2D eigenvalue weighted by Gasteiger charge is 2.11. The molecule has 20 heavy (non-hydrogen) atoms. The SMILES string of the molecule is Cc1ccc(C(=O)Nc2ccc(C(N)=S)cc2)c(F)c1. The Morgan fingerprint density at radius 1 is 1.20 bits per heavy atom. The number of nitrogens with one attached hydrogen (secondary N) is 1. The minimum atomic E-state index is -0.540. The van der Waals surface area contributed by atoms with Gasteiger partial charge in [-0.1, -0.05) is 18.3 Å². The fourth-order valence-electron chi connectivity index (χ4n) is 1.72. The second-order valence-electron chi connectivity index (χ2n) is 4.38. The monoisotopic (exact) mass is 288 g/mol. The first kappa shape index (κ1) is 14.1. The lowest BCUT2D eigenvalue weighted by molar-refractivity contribution is 0.102. The summed E-state index contributed by atoms with van der Waals surface area (Å²) in [4.78, 5) is 12.2. The number of benzene rings is 2. The van der Waals surface area contributed by atoms with Gasteiger partial charge in [0.15, 0.2) is 0 Å². The van der Waals surface area contributed by atoms with E-state index in [0.717, 1.165) is 5.56 Å². The van der Waals surface area contributed by atoms with Crippen LogP contribution in [-0.4, -0.2) is 10.9 Å². The summed E-state index contributed by atoms with van der Waals surface area (Å²) in [6.07, 6.45) is 0. The third-order valence-corrected chi connectivity index (χ3v) is 3.03. The van der Waals surface area contributed by atoms with E-state index in [1.807, 2.05) is 0 Å². The van der Waals surface area contributed by atoms with Gasteiger partial charge >= 0.3 is 0 Å². The Morgan fingerprint density at radius 3 is 2.40 bits per heavy atom. The molecule has 2 aromatic rings. The second-order valence-corrected chi connectivity index (χ2v) is 4.82. The maximum absolute atomic E-state index is 13.7. The van der Waals surface area contributed by atoms with Gasteiger partial charge in [0.2, 0.25) is 0 Å². The average Bonchev–Trinajstić information content (AvgIpc) is 2.39. The molecule has 102 valence electrons. The van der Waals surface area contributed by atoms with Crippen molar-refractivity contribution >= 4 is 28.8 Å². The van der Waals surface area contributed by atoms with Crippen molar-refractivity contribution < 1.29 is 9.18 Å². The molecule has 0 aliphatic heterocycles.